The van der Waals surface area contributed by atoms with Gasteiger partial charge in [0.25, 0.3) is 0 Å². The molecule has 0 aliphatic heterocycles. The van der Waals surface area contributed by atoms with Gasteiger partial charge in [0, 0.05) is 24.6 Å². The summed E-state index contributed by atoms with van der Waals surface area (Å²) in [7, 11) is 1.85. The Kier molecular flexibility index (Phi) is 7.51. The summed E-state index contributed by atoms with van der Waals surface area (Å²) in [4.78, 5) is 24.6. The van der Waals surface area contributed by atoms with E-state index in [0.717, 1.165) is 27.9 Å². The number of halogens is 1. The van der Waals surface area contributed by atoms with Crippen LogP contribution >= 0.6 is 11.6 Å². The molecule has 0 fully saturated rings. The molecule has 198 valence electrons. The molecule has 0 bridgehead atoms. The fourth-order valence-electron chi connectivity index (χ4n) is 4.97. The number of aliphatic carboxylic acids is 2. The number of ether oxygens (including phenoxy) is 1. The fraction of sp³-hybridized carbons (Fsp3) is 0.300. The molecule has 0 amide bonds. The highest BCUT2D eigenvalue weighted by Crippen LogP contribution is 2.41. The van der Waals surface area contributed by atoms with Crippen LogP contribution in [-0.4, -0.2) is 31.9 Å². The van der Waals surface area contributed by atoms with Crippen LogP contribution in [0.15, 0.2) is 59.7 Å². The molecular formula is C30H31ClN2O5. The quantitative estimate of drug-likeness (QED) is 0.357. The van der Waals surface area contributed by atoms with Gasteiger partial charge in [0.1, 0.15) is 23.5 Å². The van der Waals surface area contributed by atoms with Crippen LogP contribution in [-0.2, 0) is 35.1 Å². The number of hydrogen-bond donors (Lipinski definition) is 2. The van der Waals surface area contributed by atoms with Crippen molar-refractivity contribution >= 4 is 23.5 Å². The van der Waals surface area contributed by atoms with Gasteiger partial charge < -0.3 is 14.9 Å². The van der Waals surface area contributed by atoms with E-state index in [9.17, 15) is 19.8 Å². The van der Waals surface area contributed by atoms with Crippen molar-refractivity contribution in [3.63, 3.8) is 0 Å². The van der Waals surface area contributed by atoms with E-state index < -0.39 is 17.4 Å². The van der Waals surface area contributed by atoms with Gasteiger partial charge >= 0.3 is 11.9 Å². The maximum atomic E-state index is 12.7. The third-order valence-corrected chi connectivity index (χ3v) is 7.86. The minimum Gasteiger partial charge on any atom is -0.489 e. The Balaban J connectivity index is 1.71. The van der Waals surface area contributed by atoms with Gasteiger partial charge in [-0.25, -0.2) is 4.79 Å². The molecular weight excluding hydrogens is 504 g/mol. The van der Waals surface area contributed by atoms with Crippen LogP contribution in [0.4, 0.5) is 0 Å². The molecule has 1 heterocycles. The molecule has 1 unspecified atom stereocenters. The van der Waals surface area contributed by atoms with Crippen molar-refractivity contribution in [2.75, 3.05) is 0 Å². The molecule has 3 aromatic rings. The first-order valence-electron chi connectivity index (χ1n) is 12.4. The average Bonchev–Trinajstić information content (AvgIpc) is 3.15. The number of carbonyl (C=O) groups is 2. The molecule has 2 aromatic carbocycles. The van der Waals surface area contributed by atoms with Crippen LogP contribution in [0.1, 0.15) is 48.2 Å². The second-order valence-corrected chi connectivity index (χ2v) is 10.1. The topological polar surface area (TPSA) is 102 Å². The molecule has 1 atom stereocenters. The van der Waals surface area contributed by atoms with Crippen molar-refractivity contribution < 1.29 is 24.5 Å². The van der Waals surface area contributed by atoms with Crippen molar-refractivity contribution in [1.29, 1.82) is 0 Å². The Hall–Kier alpha value is -3.84. The molecule has 1 aliphatic rings. The highest BCUT2D eigenvalue weighted by molar-refractivity contribution is 6.33. The van der Waals surface area contributed by atoms with E-state index in [4.69, 9.17) is 16.3 Å². The van der Waals surface area contributed by atoms with E-state index >= 15 is 0 Å². The zero-order valence-electron chi connectivity index (χ0n) is 22.1. The molecule has 7 nitrogen and oxygen atoms in total. The number of aryl methyl sites for hydroxylation is 3. The predicted octanol–water partition coefficient (Wildman–Crippen LogP) is 6.18. The molecule has 0 saturated heterocycles. The summed E-state index contributed by atoms with van der Waals surface area (Å²) in [6.07, 6.45) is 3.73. The van der Waals surface area contributed by atoms with Crippen LogP contribution < -0.4 is 4.74 Å². The fourth-order valence-corrected chi connectivity index (χ4v) is 5.24. The molecule has 1 aromatic heterocycles. The number of rotatable bonds is 8. The molecule has 8 heteroatoms. The first-order chi connectivity index (χ1) is 18.0. The Morgan fingerprint density at radius 2 is 1.89 bits per heavy atom. The maximum absolute atomic E-state index is 12.7. The Morgan fingerprint density at radius 3 is 2.47 bits per heavy atom. The summed E-state index contributed by atoms with van der Waals surface area (Å²) in [5, 5.41) is 25.3. The third-order valence-electron chi connectivity index (χ3n) is 7.41. The minimum absolute atomic E-state index is 0.0959. The van der Waals surface area contributed by atoms with Gasteiger partial charge in [0.15, 0.2) is 0 Å². The number of carboxylic acid groups (broad SMARTS) is 2. The molecule has 0 radical (unpaired) electrons. The molecule has 4 rings (SSSR count). The SMILES string of the molecule is CCc1cccc(C2(C(=O)O)C=CC(C)=C(C(=O)O)C2)c1COc1ccc(-c2nn(C)c(C)c2Cl)cc1C. The Bertz CT molecular complexity index is 1500. The number of nitrogens with zero attached hydrogens (tertiary/aromatic N) is 2. The standard InChI is InChI=1S/C30H31ClN2O5/c1-6-20-8-7-9-24(30(29(36)37)13-12-17(2)22(15-30)28(34)35)23(20)16-38-25-11-10-21(14-18(25)3)27-26(31)19(4)33(5)32-27/h7-14H,6,15-16H2,1-5H3,(H,34,35)(H,36,37). The van der Waals surface area contributed by atoms with Gasteiger partial charge in [-0.1, -0.05) is 48.9 Å². The number of hydrogen-bond acceptors (Lipinski definition) is 4. The maximum Gasteiger partial charge on any atom is 0.331 e. The van der Waals surface area contributed by atoms with E-state index in [-0.39, 0.29) is 18.6 Å². The van der Waals surface area contributed by atoms with Gasteiger partial charge in [0.2, 0.25) is 0 Å². The van der Waals surface area contributed by atoms with E-state index in [1.807, 2.05) is 58.2 Å². The van der Waals surface area contributed by atoms with Gasteiger partial charge in [-0.3, -0.25) is 9.48 Å². The third kappa shape index (κ3) is 4.74. The number of benzene rings is 2. The summed E-state index contributed by atoms with van der Waals surface area (Å²) in [6.45, 7) is 7.66. The lowest BCUT2D eigenvalue weighted by molar-refractivity contribution is -0.142. The second-order valence-electron chi connectivity index (χ2n) is 9.69. The van der Waals surface area contributed by atoms with Crippen molar-refractivity contribution in [3.8, 4) is 17.0 Å². The van der Waals surface area contributed by atoms with Crippen LogP contribution in [0.5, 0.6) is 5.75 Å². The van der Waals surface area contributed by atoms with Crippen LogP contribution in [0.3, 0.4) is 0 Å². The summed E-state index contributed by atoms with van der Waals surface area (Å²) in [5.74, 6) is -1.56. The van der Waals surface area contributed by atoms with Gasteiger partial charge in [-0.05, 0) is 73.2 Å². The van der Waals surface area contributed by atoms with Crippen molar-refractivity contribution in [2.45, 2.75) is 52.6 Å². The van der Waals surface area contributed by atoms with E-state index in [2.05, 4.69) is 5.10 Å². The normalized spacial score (nSPS) is 17.1. The molecule has 0 saturated carbocycles. The minimum atomic E-state index is -1.51. The zero-order chi connectivity index (χ0) is 27.8. The van der Waals surface area contributed by atoms with Crippen molar-refractivity contribution in [3.05, 3.63) is 92.7 Å². The summed E-state index contributed by atoms with van der Waals surface area (Å²) >= 11 is 6.48. The molecule has 2 N–H and O–H groups in total. The van der Waals surface area contributed by atoms with Gasteiger partial charge in [0.05, 0.1) is 10.7 Å². The Labute approximate surface area is 227 Å². The van der Waals surface area contributed by atoms with Gasteiger partial charge in [-0.2, -0.15) is 5.10 Å². The first kappa shape index (κ1) is 27.2. The molecule has 0 spiro atoms. The van der Waals surface area contributed by atoms with Crippen LogP contribution in [0.2, 0.25) is 5.02 Å². The largest absolute Gasteiger partial charge is 0.489 e. The zero-order valence-corrected chi connectivity index (χ0v) is 22.9. The van der Waals surface area contributed by atoms with Crippen molar-refractivity contribution in [1.82, 2.24) is 9.78 Å². The average molecular weight is 535 g/mol. The lowest BCUT2D eigenvalue weighted by atomic mass is 9.69. The highest BCUT2D eigenvalue weighted by atomic mass is 35.5. The monoisotopic (exact) mass is 534 g/mol. The molecule has 1 aliphatic carbocycles. The summed E-state index contributed by atoms with van der Waals surface area (Å²) in [5.41, 5.74) is 4.71. The number of allylic oxidation sites excluding steroid dienone is 2. The summed E-state index contributed by atoms with van der Waals surface area (Å²) in [6, 6.07) is 11.3. The predicted molar refractivity (Wildman–Crippen MR) is 147 cm³/mol. The summed E-state index contributed by atoms with van der Waals surface area (Å²) < 4.78 is 8.00. The number of carboxylic acids is 2. The lowest BCUT2D eigenvalue weighted by Gasteiger charge is -2.33. The second kappa shape index (κ2) is 10.5. The van der Waals surface area contributed by atoms with Crippen LogP contribution in [0, 0.1) is 13.8 Å². The van der Waals surface area contributed by atoms with E-state index in [1.165, 1.54) is 0 Å². The lowest BCUT2D eigenvalue weighted by Crippen LogP contribution is -2.38. The van der Waals surface area contributed by atoms with Crippen molar-refractivity contribution in [2.24, 2.45) is 7.05 Å². The van der Waals surface area contributed by atoms with Gasteiger partial charge in [-0.15, -0.1) is 0 Å². The first-order valence-corrected chi connectivity index (χ1v) is 12.8. The highest BCUT2D eigenvalue weighted by Gasteiger charge is 2.44. The van der Waals surface area contributed by atoms with E-state index in [1.54, 1.807) is 29.8 Å². The molecule has 38 heavy (non-hydrogen) atoms. The van der Waals surface area contributed by atoms with Crippen LogP contribution in [0.25, 0.3) is 11.3 Å². The smallest absolute Gasteiger partial charge is 0.331 e. The Morgan fingerprint density at radius 1 is 1.16 bits per heavy atom. The van der Waals surface area contributed by atoms with E-state index in [0.29, 0.717) is 34.0 Å². The number of aromatic nitrogens is 2.